The van der Waals surface area contributed by atoms with Crippen molar-refractivity contribution in [2.24, 2.45) is 5.73 Å². The Balaban J connectivity index is 2.46. The fraction of sp³-hybridized carbons (Fsp3) is 0.333. The summed E-state index contributed by atoms with van der Waals surface area (Å²) in [5.74, 6) is 0. The Morgan fingerprint density at radius 1 is 1.38 bits per heavy atom. The van der Waals surface area contributed by atoms with Crippen molar-refractivity contribution in [3.05, 3.63) is 41.0 Å². The summed E-state index contributed by atoms with van der Waals surface area (Å²) >= 11 is 0. The molecule has 1 aromatic carbocycles. The second-order valence-corrected chi connectivity index (χ2v) is 3.63. The molecule has 0 saturated carbocycles. The first kappa shape index (κ1) is 8.52. The summed E-state index contributed by atoms with van der Waals surface area (Å²) in [5, 5.41) is 0. The molecule has 0 bridgehead atoms. The molecule has 0 radical (unpaired) electrons. The van der Waals surface area contributed by atoms with Crippen LogP contribution in [0.4, 0.5) is 0 Å². The molecule has 0 saturated heterocycles. The number of allylic oxidation sites excluding steroid dienone is 1. The molecule has 0 amide bonds. The molecule has 13 heavy (non-hydrogen) atoms. The Labute approximate surface area is 79.3 Å². The Kier molecular flexibility index (Phi) is 2.19. The van der Waals surface area contributed by atoms with Gasteiger partial charge in [0.05, 0.1) is 0 Å². The van der Waals surface area contributed by atoms with Gasteiger partial charge < -0.3 is 5.73 Å². The highest BCUT2D eigenvalue weighted by Gasteiger charge is 2.14. The molecule has 0 aromatic heterocycles. The largest absolute Gasteiger partial charge is 0.327 e. The van der Waals surface area contributed by atoms with E-state index in [4.69, 9.17) is 5.73 Å². The van der Waals surface area contributed by atoms with Crippen LogP contribution in [0.2, 0.25) is 0 Å². The smallest absolute Gasteiger partial charge is 0.0112 e. The summed E-state index contributed by atoms with van der Waals surface area (Å²) in [5.41, 5.74) is 11.2. The number of hydrogen-bond acceptors (Lipinski definition) is 1. The van der Waals surface area contributed by atoms with E-state index in [0.717, 1.165) is 6.42 Å². The maximum atomic E-state index is 5.53. The van der Waals surface area contributed by atoms with Crippen LogP contribution in [0.3, 0.4) is 0 Å². The highest BCUT2D eigenvalue weighted by Crippen LogP contribution is 2.32. The third kappa shape index (κ3) is 1.52. The van der Waals surface area contributed by atoms with Crippen molar-refractivity contribution in [1.29, 1.82) is 0 Å². The van der Waals surface area contributed by atoms with E-state index in [0.29, 0.717) is 6.54 Å². The Bertz CT molecular complexity index is 350. The Morgan fingerprint density at radius 3 is 3.00 bits per heavy atom. The quantitative estimate of drug-likeness (QED) is 0.692. The predicted octanol–water partition coefficient (Wildman–Crippen LogP) is 2.28. The van der Waals surface area contributed by atoms with Crippen molar-refractivity contribution >= 4 is 5.57 Å². The van der Waals surface area contributed by atoms with Gasteiger partial charge in [-0.25, -0.2) is 0 Å². The third-order valence-electron chi connectivity index (χ3n) is 2.64. The van der Waals surface area contributed by atoms with Crippen molar-refractivity contribution in [2.75, 3.05) is 6.54 Å². The molecule has 1 heteroatoms. The van der Waals surface area contributed by atoms with Gasteiger partial charge in [0.2, 0.25) is 0 Å². The fourth-order valence-corrected chi connectivity index (χ4v) is 1.97. The minimum absolute atomic E-state index is 0.655. The van der Waals surface area contributed by atoms with Crippen molar-refractivity contribution in [3.8, 4) is 0 Å². The SMILES string of the molecule is Cc1ccc2c(c1)/C(=C/CN)CC2. The summed E-state index contributed by atoms with van der Waals surface area (Å²) in [6.07, 6.45) is 4.49. The van der Waals surface area contributed by atoms with E-state index in [-0.39, 0.29) is 0 Å². The van der Waals surface area contributed by atoms with Crippen LogP contribution < -0.4 is 5.73 Å². The molecule has 1 aromatic rings. The van der Waals surface area contributed by atoms with E-state index < -0.39 is 0 Å². The van der Waals surface area contributed by atoms with Gasteiger partial charge in [0.25, 0.3) is 0 Å². The van der Waals surface area contributed by atoms with Crippen molar-refractivity contribution < 1.29 is 0 Å². The van der Waals surface area contributed by atoms with E-state index in [2.05, 4.69) is 31.2 Å². The summed E-state index contributed by atoms with van der Waals surface area (Å²) in [4.78, 5) is 0. The first-order valence-corrected chi connectivity index (χ1v) is 4.80. The van der Waals surface area contributed by atoms with Gasteiger partial charge >= 0.3 is 0 Å². The summed E-state index contributed by atoms with van der Waals surface area (Å²) < 4.78 is 0. The van der Waals surface area contributed by atoms with E-state index in [9.17, 15) is 0 Å². The zero-order chi connectivity index (χ0) is 9.26. The molecule has 0 atom stereocenters. The highest BCUT2D eigenvalue weighted by molar-refractivity contribution is 5.73. The normalized spacial score (nSPS) is 17.8. The molecule has 68 valence electrons. The number of benzene rings is 1. The maximum absolute atomic E-state index is 5.53. The average Bonchev–Trinajstić information content (AvgIpc) is 2.49. The Morgan fingerprint density at radius 2 is 2.23 bits per heavy atom. The average molecular weight is 173 g/mol. The minimum Gasteiger partial charge on any atom is -0.327 e. The van der Waals surface area contributed by atoms with Gasteiger partial charge in [0.1, 0.15) is 0 Å². The van der Waals surface area contributed by atoms with Crippen LogP contribution in [0.15, 0.2) is 24.3 Å². The number of aryl methyl sites for hydroxylation is 2. The topological polar surface area (TPSA) is 26.0 Å². The van der Waals surface area contributed by atoms with Crippen LogP contribution >= 0.6 is 0 Å². The van der Waals surface area contributed by atoms with E-state index in [1.54, 1.807) is 0 Å². The van der Waals surface area contributed by atoms with E-state index >= 15 is 0 Å². The monoisotopic (exact) mass is 173 g/mol. The molecule has 0 heterocycles. The second kappa shape index (κ2) is 3.35. The molecule has 2 rings (SSSR count). The third-order valence-corrected chi connectivity index (χ3v) is 2.64. The maximum Gasteiger partial charge on any atom is 0.0112 e. The first-order valence-electron chi connectivity index (χ1n) is 4.80. The van der Waals surface area contributed by atoms with Gasteiger partial charge in [0.15, 0.2) is 0 Å². The van der Waals surface area contributed by atoms with Crippen molar-refractivity contribution in [2.45, 2.75) is 19.8 Å². The standard InChI is InChI=1S/C12H15N/c1-9-2-3-10-4-5-11(6-7-13)12(10)8-9/h2-3,6,8H,4-5,7,13H2,1H3/b11-6+. The molecular weight excluding hydrogens is 158 g/mol. The lowest BCUT2D eigenvalue weighted by Crippen LogP contribution is -1.94. The predicted molar refractivity (Wildman–Crippen MR) is 56.5 cm³/mol. The van der Waals surface area contributed by atoms with Gasteiger partial charge in [-0.05, 0) is 36.5 Å². The van der Waals surface area contributed by atoms with Gasteiger partial charge in [-0.2, -0.15) is 0 Å². The number of rotatable bonds is 1. The van der Waals surface area contributed by atoms with E-state index in [1.807, 2.05) is 0 Å². The summed E-state index contributed by atoms with van der Waals surface area (Å²) in [6.45, 7) is 2.79. The van der Waals surface area contributed by atoms with Gasteiger partial charge in [0, 0.05) is 6.54 Å². The van der Waals surface area contributed by atoms with Crippen LogP contribution in [0.5, 0.6) is 0 Å². The first-order chi connectivity index (χ1) is 6.31. The lowest BCUT2D eigenvalue weighted by Gasteiger charge is -2.01. The molecule has 2 N–H and O–H groups in total. The van der Waals surface area contributed by atoms with Gasteiger partial charge in [-0.15, -0.1) is 0 Å². The molecule has 1 aliphatic rings. The number of fused-ring (bicyclic) bond motifs is 1. The summed E-state index contributed by atoms with van der Waals surface area (Å²) in [6, 6.07) is 6.69. The van der Waals surface area contributed by atoms with Crippen LogP contribution in [-0.2, 0) is 6.42 Å². The van der Waals surface area contributed by atoms with Gasteiger partial charge in [-0.3, -0.25) is 0 Å². The highest BCUT2D eigenvalue weighted by atomic mass is 14.5. The summed E-state index contributed by atoms with van der Waals surface area (Å²) in [7, 11) is 0. The van der Waals surface area contributed by atoms with Crippen LogP contribution in [-0.4, -0.2) is 6.54 Å². The lowest BCUT2D eigenvalue weighted by atomic mass is 10.0. The van der Waals surface area contributed by atoms with Crippen LogP contribution in [0.25, 0.3) is 5.57 Å². The molecule has 0 aliphatic heterocycles. The van der Waals surface area contributed by atoms with Crippen LogP contribution in [0.1, 0.15) is 23.1 Å². The molecule has 0 unspecified atom stereocenters. The van der Waals surface area contributed by atoms with Gasteiger partial charge in [-0.1, -0.05) is 29.8 Å². The minimum atomic E-state index is 0.655. The molecule has 0 fully saturated rings. The molecule has 0 spiro atoms. The zero-order valence-electron chi connectivity index (χ0n) is 8.01. The number of hydrogen-bond donors (Lipinski definition) is 1. The van der Waals surface area contributed by atoms with E-state index in [1.165, 1.54) is 28.7 Å². The van der Waals surface area contributed by atoms with Crippen molar-refractivity contribution in [3.63, 3.8) is 0 Å². The Hall–Kier alpha value is -1.08. The zero-order valence-corrected chi connectivity index (χ0v) is 8.01. The van der Waals surface area contributed by atoms with Crippen molar-refractivity contribution in [1.82, 2.24) is 0 Å². The second-order valence-electron chi connectivity index (χ2n) is 3.63. The number of nitrogens with two attached hydrogens (primary N) is 1. The van der Waals surface area contributed by atoms with Crippen LogP contribution in [0, 0.1) is 6.92 Å². The lowest BCUT2D eigenvalue weighted by molar-refractivity contribution is 1.07. The molecular formula is C12H15N. The molecule has 1 nitrogen and oxygen atoms in total. The fourth-order valence-electron chi connectivity index (χ4n) is 1.97. The molecule has 1 aliphatic carbocycles.